The van der Waals surface area contributed by atoms with Gasteiger partial charge in [-0.25, -0.2) is 0 Å². The number of nitrogens with one attached hydrogen (secondary N) is 1. The van der Waals surface area contributed by atoms with Crippen molar-refractivity contribution in [2.75, 3.05) is 18.9 Å². The maximum absolute atomic E-state index is 12.2. The summed E-state index contributed by atoms with van der Waals surface area (Å²) in [5.74, 6) is -0.0401. The van der Waals surface area contributed by atoms with Gasteiger partial charge in [-0.3, -0.25) is 9.89 Å². The SMILES string of the molecule is Nc1n[nH]c(C(=O)N(CCO)C2CCCC2)n1. The summed E-state index contributed by atoms with van der Waals surface area (Å²) >= 11 is 0. The maximum atomic E-state index is 12.2. The number of hydrogen-bond acceptors (Lipinski definition) is 5. The highest BCUT2D eigenvalue weighted by molar-refractivity contribution is 5.90. The molecule has 0 radical (unpaired) electrons. The van der Waals surface area contributed by atoms with Crippen LogP contribution in [0, 0.1) is 0 Å². The van der Waals surface area contributed by atoms with Gasteiger partial charge in [0.05, 0.1) is 6.61 Å². The van der Waals surface area contributed by atoms with Gasteiger partial charge in [-0.1, -0.05) is 12.8 Å². The van der Waals surface area contributed by atoms with Crippen molar-refractivity contribution >= 4 is 11.9 Å². The van der Waals surface area contributed by atoms with Gasteiger partial charge in [0, 0.05) is 12.6 Å². The van der Waals surface area contributed by atoms with Gasteiger partial charge < -0.3 is 15.7 Å². The van der Waals surface area contributed by atoms with Gasteiger partial charge in [0.2, 0.25) is 11.8 Å². The fourth-order valence-electron chi connectivity index (χ4n) is 2.28. The van der Waals surface area contributed by atoms with E-state index in [1.165, 1.54) is 0 Å². The Balaban J connectivity index is 2.12. The van der Waals surface area contributed by atoms with E-state index in [1.54, 1.807) is 4.90 Å². The van der Waals surface area contributed by atoms with Gasteiger partial charge in [0.15, 0.2) is 0 Å². The van der Waals surface area contributed by atoms with Crippen molar-refractivity contribution in [3.8, 4) is 0 Å². The third-order valence-corrected chi connectivity index (χ3v) is 3.07. The summed E-state index contributed by atoms with van der Waals surface area (Å²) in [5.41, 5.74) is 5.37. The second-order valence-electron chi connectivity index (χ2n) is 4.20. The summed E-state index contributed by atoms with van der Waals surface area (Å²) < 4.78 is 0. The second kappa shape index (κ2) is 5.13. The molecule has 1 aliphatic carbocycles. The molecular formula is C10H17N5O2. The predicted octanol–water partition coefficient (Wildman–Crippen LogP) is -0.236. The van der Waals surface area contributed by atoms with Crippen LogP contribution in [0.25, 0.3) is 0 Å². The van der Waals surface area contributed by atoms with Crippen molar-refractivity contribution < 1.29 is 9.90 Å². The molecule has 0 aliphatic heterocycles. The highest BCUT2D eigenvalue weighted by Gasteiger charge is 2.28. The normalized spacial score (nSPS) is 16.3. The molecule has 1 aliphatic rings. The predicted molar refractivity (Wildman–Crippen MR) is 61.2 cm³/mol. The number of aromatic nitrogens is 3. The molecule has 2 rings (SSSR count). The monoisotopic (exact) mass is 239 g/mol. The number of nitrogen functional groups attached to an aromatic ring is 1. The van der Waals surface area contributed by atoms with Crippen molar-refractivity contribution in [3.63, 3.8) is 0 Å². The van der Waals surface area contributed by atoms with E-state index in [1.807, 2.05) is 0 Å². The molecule has 0 bridgehead atoms. The molecule has 1 aromatic rings. The van der Waals surface area contributed by atoms with E-state index in [-0.39, 0.29) is 30.3 Å². The van der Waals surface area contributed by atoms with Crippen LogP contribution in [0.4, 0.5) is 5.95 Å². The van der Waals surface area contributed by atoms with Gasteiger partial charge >= 0.3 is 0 Å². The van der Waals surface area contributed by atoms with Crippen LogP contribution in [-0.2, 0) is 0 Å². The quantitative estimate of drug-likeness (QED) is 0.672. The molecule has 94 valence electrons. The molecule has 0 spiro atoms. The largest absolute Gasteiger partial charge is 0.395 e. The Morgan fingerprint density at radius 2 is 2.24 bits per heavy atom. The Labute approximate surface area is 99.0 Å². The number of aliphatic hydroxyl groups excluding tert-OH is 1. The van der Waals surface area contributed by atoms with Gasteiger partial charge in [-0.2, -0.15) is 4.98 Å². The molecule has 0 atom stereocenters. The molecule has 0 aromatic carbocycles. The molecule has 1 fully saturated rings. The number of H-pyrrole nitrogens is 1. The standard InChI is InChI=1S/C10H17N5O2/c11-10-12-8(13-14-10)9(17)15(5-6-16)7-3-1-2-4-7/h7,16H,1-6H2,(H3,11,12,13,14). The fraction of sp³-hybridized carbons (Fsp3) is 0.700. The zero-order valence-electron chi connectivity index (χ0n) is 9.59. The number of amides is 1. The number of rotatable bonds is 4. The Hall–Kier alpha value is -1.63. The first-order valence-electron chi connectivity index (χ1n) is 5.82. The summed E-state index contributed by atoms with van der Waals surface area (Å²) in [4.78, 5) is 17.6. The van der Waals surface area contributed by atoms with E-state index in [0.29, 0.717) is 6.54 Å². The van der Waals surface area contributed by atoms with Crippen LogP contribution in [0.2, 0.25) is 0 Å². The van der Waals surface area contributed by atoms with Crippen LogP contribution in [0.1, 0.15) is 36.3 Å². The topological polar surface area (TPSA) is 108 Å². The van der Waals surface area contributed by atoms with Crippen molar-refractivity contribution in [1.82, 2.24) is 20.1 Å². The highest BCUT2D eigenvalue weighted by Crippen LogP contribution is 2.24. The number of hydrogen-bond donors (Lipinski definition) is 3. The molecule has 17 heavy (non-hydrogen) atoms. The van der Waals surface area contributed by atoms with Crippen LogP contribution < -0.4 is 5.73 Å². The van der Waals surface area contributed by atoms with Crippen LogP contribution in [0.5, 0.6) is 0 Å². The van der Waals surface area contributed by atoms with Crippen molar-refractivity contribution in [2.24, 2.45) is 0 Å². The van der Waals surface area contributed by atoms with Crippen LogP contribution in [-0.4, -0.2) is 50.3 Å². The van der Waals surface area contributed by atoms with E-state index in [0.717, 1.165) is 25.7 Å². The van der Waals surface area contributed by atoms with Crippen molar-refractivity contribution in [2.45, 2.75) is 31.7 Å². The number of carbonyl (C=O) groups excluding carboxylic acids is 1. The number of anilines is 1. The molecular weight excluding hydrogens is 222 g/mol. The molecule has 4 N–H and O–H groups in total. The summed E-state index contributed by atoms with van der Waals surface area (Å²) in [7, 11) is 0. The highest BCUT2D eigenvalue weighted by atomic mass is 16.3. The lowest BCUT2D eigenvalue weighted by Crippen LogP contribution is -2.41. The molecule has 1 aromatic heterocycles. The number of carbonyl (C=O) groups is 1. The lowest BCUT2D eigenvalue weighted by molar-refractivity contribution is 0.0626. The van der Waals surface area contributed by atoms with Crippen molar-refractivity contribution in [1.29, 1.82) is 0 Å². The Morgan fingerprint density at radius 1 is 1.53 bits per heavy atom. The van der Waals surface area contributed by atoms with Gasteiger partial charge in [0.25, 0.3) is 5.91 Å². The molecule has 7 heteroatoms. The average molecular weight is 239 g/mol. The Morgan fingerprint density at radius 3 is 2.76 bits per heavy atom. The van der Waals surface area contributed by atoms with Crippen molar-refractivity contribution in [3.05, 3.63) is 5.82 Å². The van der Waals surface area contributed by atoms with Crippen LogP contribution >= 0.6 is 0 Å². The summed E-state index contributed by atoms with van der Waals surface area (Å²) in [6.45, 7) is 0.274. The maximum Gasteiger partial charge on any atom is 0.291 e. The summed E-state index contributed by atoms with van der Waals surface area (Å²) in [6, 6.07) is 0.195. The Bertz CT molecular complexity index is 386. The minimum absolute atomic E-state index is 0.0497. The first-order chi connectivity index (χ1) is 8.22. The Kier molecular flexibility index (Phi) is 3.58. The summed E-state index contributed by atoms with van der Waals surface area (Å²) in [6.07, 6.45) is 4.21. The molecule has 1 saturated carbocycles. The van der Waals surface area contributed by atoms with E-state index in [9.17, 15) is 4.79 Å². The molecule has 0 unspecified atom stereocenters. The molecule has 1 heterocycles. The third kappa shape index (κ3) is 2.55. The first-order valence-corrected chi connectivity index (χ1v) is 5.82. The van der Waals surface area contributed by atoms with Gasteiger partial charge in [-0.15, -0.1) is 5.10 Å². The van der Waals surface area contributed by atoms with E-state index < -0.39 is 0 Å². The van der Waals surface area contributed by atoms with Crippen LogP contribution in [0.15, 0.2) is 0 Å². The number of aromatic amines is 1. The number of nitrogens with two attached hydrogens (primary N) is 1. The first kappa shape index (κ1) is 11.8. The minimum Gasteiger partial charge on any atom is -0.395 e. The number of nitrogens with zero attached hydrogens (tertiary/aromatic N) is 3. The van der Waals surface area contributed by atoms with Gasteiger partial charge in [-0.05, 0) is 12.8 Å². The van der Waals surface area contributed by atoms with Gasteiger partial charge in [0.1, 0.15) is 0 Å². The minimum atomic E-state index is -0.241. The van der Waals surface area contributed by atoms with E-state index in [2.05, 4.69) is 15.2 Å². The summed E-state index contributed by atoms with van der Waals surface area (Å²) in [5, 5.41) is 15.2. The lowest BCUT2D eigenvalue weighted by atomic mass is 10.2. The zero-order chi connectivity index (χ0) is 12.3. The van der Waals surface area contributed by atoms with E-state index in [4.69, 9.17) is 10.8 Å². The molecule has 7 nitrogen and oxygen atoms in total. The second-order valence-corrected chi connectivity index (χ2v) is 4.20. The molecule has 1 amide bonds. The fourth-order valence-corrected chi connectivity index (χ4v) is 2.28. The third-order valence-electron chi connectivity index (χ3n) is 3.07. The lowest BCUT2D eigenvalue weighted by Gasteiger charge is -2.27. The zero-order valence-corrected chi connectivity index (χ0v) is 9.59. The smallest absolute Gasteiger partial charge is 0.291 e. The average Bonchev–Trinajstić information content (AvgIpc) is 2.95. The van der Waals surface area contributed by atoms with Crippen LogP contribution in [0.3, 0.4) is 0 Å². The molecule has 0 saturated heterocycles. The number of aliphatic hydroxyl groups is 1. The van der Waals surface area contributed by atoms with E-state index >= 15 is 0 Å².